The Morgan fingerprint density at radius 2 is 1.70 bits per heavy atom. The van der Waals surface area contributed by atoms with Crippen molar-refractivity contribution in [2.24, 2.45) is 0 Å². The maximum absolute atomic E-state index is 12.2. The molecule has 0 aromatic heterocycles. The van der Waals surface area contributed by atoms with Crippen molar-refractivity contribution in [3.63, 3.8) is 0 Å². The minimum absolute atomic E-state index is 0.0343. The summed E-state index contributed by atoms with van der Waals surface area (Å²) >= 11 is 5.00. The molecule has 0 saturated carbocycles. The standard InChI is InChI=1S/C19H21N3O4S/c1-2-11-25-16-10-6-7-14(12-16)18(24)20-19(27)22-21-17(23)13-26-15-8-4-3-5-9-15/h3-10,12H,2,11,13H2,1H3,(H,21,23)(H2,20,22,24,27). The molecule has 0 fully saturated rings. The van der Waals surface area contributed by atoms with E-state index in [0.717, 1.165) is 6.42 Å². The van der Waals surface area contributed by atoms with Crippen LogP contribution in [0.25, 0.3) is 0 Å². The van der Waals surface area contributed by atoms with Gasteiger partial charge in [-0.15, -0.1) is 0 Å². The molecule has 2 aromatic rings. The van der Waals surface area contributed by atoms with Gasteiger partial charge in [-0.2, -0.15) is 0 Å². The normalized spacial score (nSPS) is 9.81. The second-order valence-corrected chi connectivity index (χ2v) is 5.84. The van der Waals surface area contributed by atoms with Gasteiger partial charge in [-0.1, -0.05) is 31.2 Å². The molecule has 0 aliphatic carbocycles. The predicted molar refractivity (Wildman–Crippen MR) is 106 cm³/mol. The molecular weight excluding hydrogens is 366 g/mol. The maximum atomic E-state index is 12.2. The van der Waals surface area contributed by atoms with Crippen molar-refractivity contribution in [1.82, 2.24) is 16.2 Å². The Bertz CT molecular complexity index is 784. The summed E-state index contributed by atoms with van der Waals surface area (Å²) < 4.78 is 10.8. The van der Waals surface area contributed by atoms with Crippen molar-refractivity contribution in [3.05, 3.63) is 60.2 Å². The van der Waals surface area contributed by atoms with Crippen LogP contribution in [0.1, 0.15) is 23.7 Å². The fourth-order valence-electron chi connectivity index (χ4n) is 1.98. The minimum atomic E-state index is -0.439. The van der Waals surface area contributed by atoms with Crippen molar-refractivity contribution >= 4 is 29.1 Å². The summed E-state index contributed by atoms with van der Waals surface area (Å²) in [5.74, 6) is 0.332. The molecule has 0 atom stereocenters. The number of rotatable bonds is 7. The molecule has 27 heavy (non-hydrogen) atoms. The largest absolute Gasteiger partial charge is 0.494 e. The van der Waals surface area contributed by atoms with Crippen molar-refractivity contribution < 1.29 is 19.1 Å². The molecule has 0 aliphatic heterocycles. The Kier molecular flexibility index (Phi) is 8.05. The Hall–Kier alpha value is -3.13. The van der Waals surface area contributed by atoms with Crippen LogP contribution in [0.15, 0.2) is 54.6 Å². The van der Waals surface area contributed by atoms with Crippen LogP contribution < -0.4 is 25.6 Å². The molecule has 7 nitrogen and oxygen atoms in total. The van der Waals surface area contributed by atoms with Gasteiger partial charge in [0.15, 0.2) is 11.7 Å². The van der Waals surface area contributed by atoms with Crippen molar-refractivity contribution in [1.29, 1.82) is 0 Å². The van der Waals surface area contributed by atoms with E-state index in [0.29, 0.717) is 23.7 Å². The highest BCUT2D eigenvalue weighted by Crippen LogP contribution is 2.13. The first-order valence-corrected chi connectivity index (χ1v) is 8.80. The quantitative estimate of drug-likeness (QED) is 0.499. The third-order valence-electron chi connectivity index (χ3n) is 3.22. The fraction of sp³-hybridized carbons (Fsp3) is 0.211. The highest BCUT2D eigenvalue weighted by molar-refractivity contribution is 7.80. The number of hydrogen-bond donors (Lipinski definition) is 3. The SMILES string of the molecule is CCCOc1cccc(C(=O)NC(=S)NNC(=O)COc2ccccc2)c1. The van der Waals surface area contributed by atoms with E-state index in [1.54, 1.807) is 48.5 Å². The zero-order valence-corrected chi connectivity index (χ0v) is 15.7. The average molecular weight is 387 g/mol. The molecule has 0 saturated heterocycles. The van der Waals surface area contributed by atoms with E-state index in [1.165, 1.54) is 0 Å². The van der Waals surface area contributed by atoms with Gasteiger partial charge in [0.1, 0.15) is 11.5 Å². The number of thiocarbonyl (C=S) groups is 1. The third kappa shape index (κ3) is 7.33. The lowest BCUT2D eigenvalue weighted by molar-refractivity contribution is -0.123. The molecule has 0 aliphatic rings. The summed E-state index contributed by atoms with van der Waals surface area (Å²) in [5.41, 5.74) is 5.21. The molecule has 2 aromatic carbocycles. The minimum Gasteiger partial charge on any atom is -0.494 e. The van der Waals surface area contributed by atoms with E-state index in [2.05, 4.69) is 16.2 Å². The topological polar surface area (TPSA) is 88.7 Å². The van der Waals surface area contributed by atoms with Crippen LogP contribution in [0.2, 0.25) is 0 Å². The van der Waals surface area contributed by atoms with Gasteiger partial charge >= 0.3 is 0 Å². The van der Waals surface area contributed by atoms with Crippen molar-refractivity contribution in [2.45, 2.75) is 13.3 Å². The van der Waals surface area contributed by atoms with Gasteiger partial charge in [0, 0.05) is 5.56 Å². The monoisotopic (exact) mass is 387 g/mol. The molecular formula is C19H21N3O4S. The summed E-state index contributed by atoms with van der Waals surface area (Å²) in [6, 6.07) is 15.7. The van der Waals surface area contributed by atoms with Gasteiger partial charge in [0.25, 0.3) is 11.8 Å². The van der Waals surface area contributed by atoms with E-state index in [-0.39, 0.29) is 11.7 Å². The van der Waals surface area contributed by atoms with Crippen LogP contribution in [0.5, 0.6) is 11.5 Å². The number of amides is 2. The van der Waals surface area contributed by atoms with Crippen LogP contribution >= 0.6 is 12.2 Å². The van der Waals surface area contributed by atoms with Crippen LogP contribution in [0.4, 0.5) is 0 Å². The van der Waals surface area contributed by atoms with E-state index >= 15 is 0 Å². The van der Waals surface area contributed by atoms with Gasteiger partial charge in [0.05, 0.1) is 6.61 Å². The van der Waals surface area contributed by atoms with Gasteiger partial charge in [-0.25, -0.2) is 0 Å². The lowest BCUT2D eigenvalue weighted by atomic mass is 10.2. The number of benzene rings is 2. The van der Waals surface area contributed by atoms with E-state index in [4.69, 9.17) is 21.7 Å². The first-order chi connectivity index (χ1) is 13.1. The van der Waals surface area contributed by atoms with Gasteiger partial charge < -0.3 is 9.47 Å². The van der Waals surface area contributed by atoms with E-state index < -0.39 is 11.8 Å². The smallest absolute Gasteiger partial charge is 0.276 e. The number of carbonyl (C=O) groups excluding carboxylic acids is 2. The Balaban J connectivity index is 1.74. The molecule has 142 valence electrons. The first kappa shape index (κ1) is 20.2. The predicted octanol–water partition coefficient (Wildman–Crippen LogP) is 2.19. The van der Waals surface area contributed by atoms with Crippen molar-refractivity contribution in [2.75, 3.05) is 13.2 Å². The number of nitrogens with one attached hydrogen (secondary N) is 3. The second kappa shape index (κ2) is 10.8. The van der Waals surface area contributed by atoms with Gasteiger partial charge in [0.2, 0.25) is 0 Å². The molecule has 2 rings (SSSR count). The first-order valence-electron chi connectivity index (χ1n) is 8.39. The van der Waals surface area contributed by atoms with Gasteiger partial charge in [-0.05, 0) is 49.0 Å². The number of hydrogen-bond acceptors (Lipinski definition) is 5. The second-order valence-electron chi connectivity index (χ2n) is 5.43. The summed E-state index contributed by atoms with van der Waals surface area (Å²) in [4.78, 5) is 23.9. The molecule has 0 bridgehead atoms. The Morgan fingerprint density at radius 3 is 2.44 bits per heavy atom. The zero-order chi connectivity index (χ0) is 19.5. The zero-order valence-electron chi connectivity index (χ0n) is 14.9. The Labute approximate surface area is 163 Å². The van der Waals surface area contributed by atoms with Crippen LogP contribution in [-0.2, 0) is 4.79 Å². The third-order valence-corrected chi connectivity index (χ3v) is 3.43. The van der Waals surface area contributed by atoms with E-state index in [9.17, 15) is 9.59 Å². The number of hydrazine groups is 1. The molecule has 2 amide bonds. The lowest BCUT2D eigenvalue weighted by Crippen LogP contribution is -2.49. The molecule has 3 N–H and O–H groups in total. The summed E-state index contributed by atoms with van der Waals surface area (Å²) in [6.45, 7) is 2.38. The lowest BCUT2D eigenvalue weighted by Gasteiger charge is -2.12. The Morgan fingerprint density at radius 1 is 0.963 bits per heavy atom. The molecule has 0 spiro atoms. The number of para-hydroxylation sites is 1. The average Bonchev–Trinajstić information content (AvgIpc) is 2.70. The fourth-order valence-corrected chi connectivity index (χ4v) is 2.13. The molecule has 0 heterocycles. The number of ether oxygens (including phenoxy) is 2. The van der Waals surface area contributed by atoms with Crippen LogP contribution in [0.3, 0.4) is 0 Å². The summed E-state index contributed by atoms with van der Waals surface area (Å²) in [7, 11) is 0. The summed E-state index contributed by atoms with van der Waals surface area (Å²) in [5, 5.41) is 2.44. The molecule has 8 heteroatoms. The highest BCUT2D eigenvalue weighted by atomic mass is 32.1. The molecule has 0 radical (unpaired) electrons. The molecule has 0 unspecified atom stereocenters. The van der Waals surface area contributed by atoms with Gasteiger partial charge in [-0.3, -0.25) is 25.8 Å². The number of carbonyl (C=O) groups is 2. The van der Waals surface area contributed by atoms with Crippen LogP contribution in [-0.4, -0.2) is 30.1 Å². The van der Waals surface area contributed by atoms with Crippen molar-refractivity contribution in [3.8, 4) is 11.5 Å². The highest BCUT2D eigenvalue weighted by Gasteiger charge is 2.10. The maximum Gasteiger partial charge on any atom is 0.276 e. The summed E-state index contributed by atoms with van der Waals surface area (Å²) in [6.07, 6.45) is 0.873. The van der Waals surface area contributed by atoms with Crippen LogP contribution in [0, 0.1) is 0 Å². The van der Waals surface area contributed by atoms with E-state index in [1.807, 2.05) is 13.0 Å².